The topological polar surface area (TPSA) is 74.1 Å². The maximum Gasteiger partial charge on any atom is 0.250 e. The number of sulfone groups is 1. The van der Waals surface area contributed by atoms with E-state index < -0.39 is 9.84 Å². The molecule has 0 bridgehead atoms. The Morgan fingerprint density at radius 1 is 1.08 bits per heavy atom. The smallest absolute Gasteiger partial charge is 0.250 e. The van der Waals surface area contributed by atoms with Crippen LogP contribution in [-0.2, 0) is 22.1 Å². The second-order valence-electron chi connectivity index (χ2n) is 5.60. The Labute approximate surface area is 157 Å². The Hall–Kier alpha value is -2.38. The molecule has 0 saturated carbocycles. The van der Waals surface area contributed by atoms with Crippen molar-refractivity contribution in [3.05, 3.63) is 59.1 Å². The Bertz CT molecular complexity index is 1030. The van der Waals surface area contributed by atoms with E-state index in [0.29, 0.717) is 34.3 Å². The molecule has 2 aromatic carbocycles. The first kappa shape index (κ1) is 18.4. The van der Waals surface area contributed by atoms with E-state index in [4.69, 9.17) is 16.3 Å². The van der Waals surface area contributed by atoms with Gasteiger partial charge in [0.05, 0.1) is 18.4 Å². The molecule has 0 N–H and O–H groups in total. The van der Waals surface area contributed by atoms with Gasteiger partial charge in [-0.2, -0.15) is 0 Å². The number of ether oxygens (including phenoxy) is 1. The van der Waals surface area contributed by atoms with E-state index in [2.05, 4.69) is 10.2 Å². The fourth-order valence-electron chi connectivity index (χ4n) is 2.72. The largest absolute Gasteiger partial charge is 0.496 e. The molecule has 6 nitrogen and oxygen atoms in total. The van der Waals surface area contributed by atoms with Crippen molar-refractivity contribution in [2.24, 2.45) is 0 Å². The van der Waals surface area contributed by atoms with Gasteiger partial charge in [-0.3, -0.25) is 4.57 Å². The number of hydrogen-bond donors (Lipinski definition) is 0. The average molecular weight is 392 g/mol. The molecule has 1 heterocycles. The first-order chi connectivity index (χ1) is 12.5. The minimum Gasteiger partial charge on any atom is -0.496 e. The number of nitrogens with zero attached hydrogens (tertiary/aromatic N) is 3. The van der Waals surface area contributed by atoms with Gasteiger partial charge in [0, 0.05) is 11.6 Å². The highest BCUT2D eigenvalue weighted by Crippen LogP contribution is 2.30. The van der Waals surface area contributed by atoms with Gasteiger partial charge in [-0.25, -0.2) is 8.42 Å². The van der Waals surface area contributed by atoms with Crippen LogP contribution in [0.25, 0.3) is 11.4 Å². The summed E-state index contributed by atoms with van der Waals surface area (Å²) in [7, 11) is -2.17. The van der Waals surface area contributed by atoms with Crippen molar-refractivity contribution in [1.82, 2.24) is 14.8 Å². The number of hydrogen-bond acceptors (Lipinski definition) is 5. The lowest BCUT2D eigenvalue weighted by atomic mass is 10.2. The lowest BCUT2D eigenvalue weighted by Gasteiger charge is -2.11. The number of methoxy groups -OCH3 is 1. The Morgan fingerprint density at radius 3 is 2.46 bits per heavy atom. The lowest BCUT2D eigenvalue weighted by Crippen LogP contribution is -2.13. The van der Waals surface area contributed by atoms with Crippen molar-refractivity contribution in [3.8, 4) is 17.1 Å². The van der Waals surface area contributed by atoms with Crippen LogP contribution in [0.2, 0.25) is 5.02 Å². The molecule has 3 aromatic rings. The van der Waals surface area contributed by atoms with Crippen molar-refractivity contribution >= 4 is 21.4 Å². The summed E-state index contributed by atoms with van der Waals surface area (Å²) in [4.78, 5) is 0. The van der Waals surface area contributed by atoms with E-state index in [1.165, 1.54) is 0 Å². The lowest BCUT2D eigenvalue weighted by molar-refractivity contribution is 0.415. The summed E-state index contributed by atoms with van der Waals surface area (Å²) in [5.41, 5.74) is 1.21. The molecular formula is C18H18ClN3O3S. The van der Waals surface area contributed by atoms with E-state index in [-0.39, 0.29) is 10.9 Å². The summed E-state index contributed by atoms with van der Waals surface area (Å²) in [6.45, 7) is 2.24. The standard InChI is InChI=1S/C18H18ClN3O3S/c1-3-22-17(14-9-5-7-11-16(14)25-2)20-21-18(22)26(23,24)12-13-8-4-6-10-15(13)19/h4-11H,3,12H2,1-2H3. The molecule has 0 aliphatic carbocycles. The zero-order chi connectivity index (χ0) is 18.7. The fraction of sp³-hybridized carbons (Fsp3) is 0.222. The van der Waals surface area contributed by atoms with Crippen LogP contribution in [-0.4, -0.2) is 30.3 Å². The van der Waals surface area contributed by atoms with Crippen LogP contribution >= 0.6 is 11.6 Å². The second-order valence-corrected chi connectivity index (χ2v) is 7.89. The van der Waals surface area contributed by atoms with Gasteiger partial charge in [0.25, 0.3) is 0 Å². The summed E-state index contributed by atoms with van der Waals surface area (Å²) >= 11 is 6.11. The van der Waals surface area contributed by atoms with Crippen molar-refractivity contribution in [1.29, 1.82) is 0 Å². The normalized spacial score (nSPS) is 11.5. The molecule has 26 heavy (non-hydrogen) atoms. The molecular weight excluding hydrogens is 374 g/mol. The maximum atomic E-state index is 12.9. The predicted octanol–water partition coefficient (Wildman–Crippen LogP) is 3.60. The molecule has 0 amide bonds. The molecule has 0 radical (unpaired) electrons. The van der Waals surface area contributed by atoms with E-state index in [1.54, 1.807) is 42.0 Å². The van der Waals surface area contributed by atoms with Crippen LogP contribution in [0.3, 0.4) is 0 Å². The summed E-state index contributed by atoms with van der Waals surface area (Å²) in [6, 6.07) is 14.1. The van der Waals surface area contributed by atoms with E-state index in [1.807, 2.05) is 25.1 Å². The van der Waals surface area contributed by atoms with Crippen LogP contribution in [0.15, 0.2) is 53.7 Å². The highest BCUT2D eigenvalue weighted by molar-refractivity contribution is 7.90. The number of benzene rings is 2. The minimum absolute atomic E-state index is 0.0826. The number of halogens is 1. The highest BCUT2D eigenvalue weighted by Gasteiger charge is 2.26. The van der Waals surface area contributed by atoms with Gasteiger partial charge < -0.3 is 4.74 Å². The number of rotatable bonds is 6. The van der Waals surface area contributed by atoms with Crippen molar-refractivity contribution in [3.63, 3.8) is 0 Å². The molecule has 0 unspecified atom stereocenters. The van der Waals surface area contributed by atoms with Gasteiger partial charge in [-0.15, -0.1) is 10.2 Å². The fourth-order valence-corrected chi connectivity index (χ4v) is 4.51. The minimum atomic E-state index is -3.72. The summed E-state index contributed by atoms with van der Waals surface area (Å²) in [5.74, 6) is 0.809. The Morgan fingerprint density at radius 2 is 1.77 bits per heavy atom. The third-order valence-corrected chi connectivity index (χ3v) is 5.88. The number of para-hydroxylation sites is 1. The molecule has 0 atom stereocenters. The average Bonchev–Trinajstić information content (AvgIpc) is 3.08. The van der Waals surface area contributed by atoms with Crippen molar-refractivity contribution in [2.45, 2.75) is 24.4 Å². The zero-order valence-electron chi connectivity index (χ0n) is 14.4. The van der Waals surface area contributed by atoms with E-state index in [9.17, 15) is 8.42 Å². The van der Waals surface area contributed by atoms with Crippen molar-refractivity contribution < 1.29 is 13.2 Å². The van der Waals surface area contributed by atoms with Gasteiger partial charge in [-0.1, -0.05) is 41.9 Å². The van der Waals surface area contributed by atoms with Gasteiger partial charge in [0.1, 0.15) is 5.75 Å². The molecule has 0 spiro atoms. The van der Waals surface area contributed by atoms with Gasteiger partial charge in [0.2, 0.25) is 15.0 Å². The molecule has 0 fully saturated rings. The molecule has 1 aromatic heterocycles. The van der Waals surface area contributed by atoms with Gasteiger partial charge in [-0.05, 0) is 30.7 Å². The molecule has 8 heteroatoms. The number of aromatic nitrogens is 3. The summed E-state index contributed by atoms with van der Waals surface area (Å²) in [6.07, 6.45) is 0. The third-order valence-electron chi connectivity index (χ3n) is 3.96. The highest BCUT2D eigenvalue weighted by atomic mass is 35.5. The quantitative estimate of drug-likeness (QED) is 0.641. The van der Waals surface area contributed by atoms with Crippen LogP contribution in [0.1, 0.15) is 12.5 Å². The van der Waals surface area contributed by atoms with Crippen LogP contribution in [0.5, 0.6) is 5.75 Å². The molecule has 3 rings (SSSR count). The summed E-state index contributed by atoms with van der Waals surface area (Å²) < 4.78 is 32.8. The molecule has 0 aliphatic heterocycles. The molecule has 0 saturated heterocycles. The molecule has 0 aliphatic rings. The third kappa shape index (κ3) is 3.45. The Balaban J connectivity index is 2.07. The van der Waals surface area contributed by atoms with Gasteiger partial charge >= 0.3 is 0 Å². The predicted molar refractivity (Wildman–Crippen MR) is 100 cm³/mol. The van der Waals surface area contributed by atoms with E-state index >= 15 is 0 Å². The van der Waals surface area contributed by atoms with Gasteiger partial charge in [0.15, 0.2) is 5.82 Å². The molecule has 136 valence electrons. The van der Waals surface area contributed by atoms with Crippen LogP contribution < -0.4 is 4.74 Å². The first-order valence-electron chi connectivity index (χ1n) is 8.00. The SMILES string of the molecule is CCn1c(-c2ccccc2OC)nnc1S(=O)(=O)Cc1ccccc1Cl. The van der Waals surface area contributed by atoms with E-state index in [0.717, 1.165) is 0 Å². The second kappa shape index (κ2) is 7.47. The monoisotopic (exact) mass is 391 g/mol. The zero-order valence-corrected chi connectivity index (χ0v) is 16.0. The first-order valence-corrected chi connectivity index (χ1v) is 10.0. The Kier molecular flexibility index (Phi) is 5.29. The summed E-state index contributed by atoms with van der Waals surface area (Å²) in [5, 5.41) is 8.40. The van der Waals surface area contributed by atoms with Crippen LogP contribution in [0, 0.1) is 0 Å². The van der Waals surface area contributed by atoms with Crippen LogP contribution in [0.4, 0.5) is 0 Å². The van der Waals surface area contributed by atoms with Crippen molar-refractivity contribution in [2.75, 3.05) is 7.11 Å². The maximum absolute atomic E-state index is 12.9.